The minimum atomic E-state index is 0.381. The molecule has 1 unspecified atom stereocenters. The molecule has 0 radical (unpaired) electrons. The van der Waals surface area contributed by atoms with Crippen LogP contribution in [0.3, 0.4) is 0 Å². The molecule has 1 atom stereocenters. The topological polar surface area (TPSA) is 50.9 Å². The predicted molar refractivity (Wildman–Crippen MR) is 87.1 cm³/mol. The molecule has 0 saturated heterocycles. The van der Waals surface area contributed by atoms with Crippen LogP contribution >= 0.6 is 11.8 Å². The smallest absolute Gasteiger partial charge is 0.0378 e. The number of nitrogens with one attached hydrogen (secondary N) is 1. The normalized spacial score (nSPS) is 12.3. The summed E-state index contributed by atoms with van der Waals surface area (Å²) in [4.78, 5) is 5.46. The second-order valence-corrected chi connectivity index (χ2v) is 5.99. The van der Waals surface area contributed by atoms with Gasteiger partial charge in [0.1, 0.15) is 0 Å². The number of hydrogen-bond donors (Lipinski definition) is 2. The molecule has 1 aromatic carbocycles. The molecule has 1 aromatic heterocycles. The number of hydrogen-bond acceptors (Lipinski definition) is 4. The van der Waals surface area contributed by atoms with Gasteiger partial charge in [0, 0.05) is 34.8 Å². The Kier molecular flexibility index (Phi) is 5.44. The van der Waals surface area contributed by atoms with Gasteiger partial charge in [0.25, 0.3) is 0 Å². The maximum absolute atomic E-state index is 5.98. The number of anilines is 1. The van der Waals surface area contributed by atoms with Crippen LogP contribution in [0.4, 0.5) is 5.69 Å². The largest absolute Gasteiger partial charge is 0.398 e. The summed E-state index contributed by atoms with van der Waals surface area (Å²) >= 11 is 1.87. The Labute approximate surface area is 125 Å². The zero-order valence-corrected chi connectivity index (χ0v) is 12.8. The summed E-state index contributed by atoms with van der Waals surface area (Å²) in [6.07, 6.45) is 4.49. The molecule has 0 fully saturated rings. The fourth-order valence-corrected chi connectivity index (χ4v) is 3.14. The van der Waals surface area contributed by atoms with Crippen LogP contribution < -0.4 is 11.1 Å². The van der Waals surface area contributed by atoms with Crippen molar-refractivity contribution in [1.82, 2.24) is 10.3 Å². The van der Waals surface area contributed by atoms with Gasteiger partial charge in [-0.2, -0.15) is 0 Å². The number of nitrogens with two attached hydrogens (primary N) is 1. The van der Waals surface area contributed by atoms with Gasteiger partial charge in [0.05, 0.1) is 0 Å². The minimum Gasteiger partial charge on any atom is -0.398 e. The summed E-state index contributed by atoms with van der Waals surface area (Å²) < 4.78 is 0. The lowest BCUT2D eigenvalue weighted by atomic mass is 10.1. The highest BCUT2D eigenvalue weighted by Crippen LogP contribution is 2.21. The molecule has 4 heteroatoms. The number of aromatic nitrogens is 1. The Hall–Kier alpha value is -1.52. The second-order valence-electron chi connectivity index (χ2n) is 4.89. The fourth-order valence-electron chi connectivity index (χ4n) is 2.02. The molecule has 2 aromatic rings. The Morgan fingerprint density at radius 2 is 2.20 bits per heavy atom. The molecular weight excluding hydrogens is 266 g/mol. The van der Waals surface area contributed by atoms with Crippen LogP contribution in [0.25, 0.3) is 0 Å². The quantitative estimate of drug-likeness (QED) is 0.802. The van der Waals surface area contributed by atoms with Crippen LogP contribution in [-0.2, 0) is 6.42 Å². The Bertz CT molecular complexity index is 557. The third kappa shape index (κ3) is 4.25. The standard InChI is InChI=1S/C16H21N3S/c1-12-4-3-5-15(8-12)20-11-14(18-2)9-13-10-19-7-6-16(13)17/h3-8,10,14,18H,9,11H2,1-2H3,(H2,17,19). The third-order valence-corrected chi connectivity index (χ3v) is 4.41. The van der Waals surface area contributed by atoms with Crippen LogP contribution in [0, 0.1) is 6.92 Å². The SMILES string of the molecule is CNC(CSc1cccc(C)c1)Cc1cnccc1N. The zero-order chi connectivity index (χ0) is 14.4. The number of pyridine rings is 1. The summed E-state index contributed by atoms with van der Waals surface area (Å²) in [5.74, 6) is 1.01. The van der Waals surface area contributed by atoms with E-state index < -0.39 is 0 Å². The second kappa shape index (κ2) is 7.31. The number of rotatable bonds is 6. The first kappa shape index (κ1) is 14.9. The van der Waals surface area contributed by atoms with Crippen LogP contribution in [0.1, 0.15) is 11.1 Å². The van der Waals surface area contributed by atoms with E-state index in [0.717, 1.165) is 23.4 Å². The van der Waals surface area contributed by atoms with Crippen LogP contribution in [0.2, 0.25) is 0 Å². The van der Waals surface area contributed by atoms with Crippen molar-refractivity contribution in [2.45, 2.75) is 24.3 Å². The first-order valence-corrected chi connectivity index (χ1v) is 7.72. The van der Waals surface area contributed by atoms with Gasteiger partial charge in [-0.15, -0.1) is 11.8 Å². The Morgan fingerprint density at radius 1 is 1.35 bits per heavy atom. The van der Waals surface area contributed by atoms with Crippen molar-refractivity contribution in [3.8, 4) is 0 Å². The molecule has 0 saturated carbocycles. The molecule has 0 spiro atoms. The van der Waals surface area contributed by atoms with Crippen molar-refractivity contribution in [3.05, 3.63) is 53.9 Å². The van der Waals surface area contributed by atoms with Crippen molar-refractivity contribution >= 4 is 17.4 Å². The third-order valence-electron chi connectivity index (χ3n) is 3.26. The Balaban J connectivity index is 1.94. The number of benzene rings is 1. The van der Waals surface area contributed by atoms with Gasteiger partial charge in [-0.25, -0.2) is 0 Å². The zero-order valence-electron chi connectivity index (χ0n) is 12.0. The molecular formula is C16H21N3S. The summed E-state index contributed by atoms with van der Waals surface area (Å²) in [5, 5.41) is 3.36. The number of nitrogen functional groups attached to an aromatic ring is 1. The molecule has 2 rings (SSSR count). The minimum absolute atomic E-state index is 0.381. The molecule has 1 heterocycles. The number of nitrogens with zero attached hydrogens (tertiary/aromatic N) is 1. The van der Waals surface area contributed by atoms with Gasteiger partial charge in [-0.3, -0.25) is 4.98 Å². The molecule has 0 aliphatic carbocycles. The predicted octanol–water partition coefficient (Wildman–Crippen LogP) is 2.90. The van der Waals surface area contributed by atoms with E-state index >= 15 is 0 Å². The van der Waals surface area contributed by atoms with Gasteiger partial charge in [-0.05, 0) is 44.2 Å². The molecule has 0 amide bonds. The maximum Gasteiger partial charge on any atom is 0.0378 e. The highest BCUT2D eigenvalue weighted by atomic mass is 32.2. The molecule has 20 heavy (non-hydrogen) atoms. The van der Waals surface area contributed by atoms with Crippen molar-refractivity contribution in [2.75, 3.05) is 18.5 Å². The van der Waals surface area contributed by atoms with Crippen molar-refractivity contribution < 1.29 is 0 Å². The lowest BCUT2D eigenvalue weighted by Crippen LogP contribution is -2.30. The van der Waals surface area contributed by atoms with Crippen LogP contribution in [0.15, 0.2) is 47.6 Å². The monoisotopic (exact) mass is 287 g/mol. The first-order valence-electron chi connectivity index (χ1n) is 6.74. The van der Waals surface area contributed by atoms with Gasteiger partial charge in [-0.1, -0.05) is 17.7 Å². The highest BCUT2D eigenvalue weighted by molar-refractivity contribution is 7.99. The van der Waals surface area contributed by atoms with E-state index in [1.54, 1.807) is 6.20 Å². The van der Waals surface area contributed by atoms with Crippen LogP contribution in [0.5, 0.6) is 0 Å². The van der Waals surface area contributed by atoms with Crippen molar-refractivity contribution in [2.24, 2.45) is 0 Å². The average molecular weight is 287 g/mol. The first-order chi connectivity index (χ1) is 9.69. The molecule has 3 nitrogen and oxygen atoms in total. The molecule has 0 bridgehead atoms. The number of thioether (sulfide) groups is 1. The van der Waals surface area contributed by atoms with Gasteiger partial charge >= 0.3 is 0 Å². The van der Waals surface area contributed by atoms with E-state index in [0.29, 0.717) is 6.04 Å². The fraction of sp³-hybridized carbons (Fsp3) is 0.312. The summed E-state index contributed by atoms with van der Waals surface area (Å²) in [6.45, 7) is 2.12. The summed E-state index contributed by atoms with van der Waals surface area (Å²) in [5.41, 5.74) is 9.20. The highest BCUT2D eigenvalue weighted by Gasteiger charge is 2.10. The van der Waals surface area contributed by atoms with Gasteiger partial charge in [0.2, 0.25) is 0 Å². The summed E-state index contributed by atoms with van der Waals surface area (Å²) in [6, 6.07) is 10.8. The van der Waals surface area contributed by atoms with Crippen molar-refractivity contribution in [1.29, 1.82) is 0 Å². The number of likely N-dealkylation sites (N-methyl/N-ethyl adjacent to an activating group) is 1. The molecule has 106 valence electrons. The molecule has 0 aliphatic heterocycles. The van der Waals surface area contributed by atoms with E-state index in [-0.39, 0.29) is 0 Å². The lowest BCUT2D eigenvalue weighted by molar-refractivity contribution is 0.617. The van der Waals surface area contributed by atoms with Gasteiger partial charge < -0.3 is 11.1 Å². The van der Waals surface area contributed by atoms with E-state index in [1.807, 2.05) is 31.1 Å². The molecule has 0 aliphatic rings. The van der Waals surface area contributed by atoms with Crippen molar-refractivity contribution in [3.63, 3.8) is 0 Å². The van der Waals surface area contributed by atoms with E-state index in [2.05, 4.69) is 41.5 Å². The van der Waals surface area contributed by atoms with E-state index in [4.69, 9.17) is 5.73 Å². The van der Waals surface area contributed by atoms with Gasteiger partial charge in [0.15, 0.2) is 0 Å². The summed E-state index contributed by atoms with van der Waals surface area (Å²) in [7, 11) is 1.99. The number of aryl methyl sites for hydroxylation is 1. The van der Waals surface area contributed by atoms with E-state index in [1.165, 1.54) is 10.5 Å². The average Bonchev–Trinajstić information content (AvgIpc) is 2.45. The lowest BCUT2D eigenvalue weighted by Gasteiger charge is -2.16. The van der Waals surface area contributed by atoms with Crippen LogP contribution in [-0.4, -0.2) is 23.8 Å². The van der Waals surface area contributed by atoms with E-state index in [9.17, 15) is 0 Å². The maximum atomic E-state index is 5.98. The Morgan fingerprint density at radius 3 is 2.90 bits per heavy atom. The molecule has 3 N–H and O–H groups in total.